The summed E-state index contributed by atoms with van der Waals surface area (Å²) in [6.45, 7) is 12.0. The molecule has 0 bridgehead atoms. The van der Waals surface area contributed by atoms with Crippen LogP contribution in [0.2, 0.25) is 0 Å². The zero-order valence-corrected chi connectivity index (χ0v) is 33.7. The lowest BCUT2D eigenvalue weighted by Crippen LogP contribution is -2.09. The van der Waals surface area contributed by atoms with Gasteiger partial charge >= 0.3 is 11.9 Å². The molecule has 0 unspecified atom stereocenters. The molecule has 4 heteroatoms. The molecular formula is C44H88O4. The minimum absolute atomic E-state index is 0.00172. The van der Waals surface area contributed by atoms with Crippen molar-refractivity contribution in [2.24, 2.45) is 5.92 Å². The van der Waals surface area contributed by atoms with Gasteiger partial charge in [-0.25, -0.2) is 0 Å². The molecule has 0 aliphatic heterocycles. The molecular weight excluding hydrogens is 592 g/mol. The predicted molar refractivity (Wildman–Crippen MR) is 211 cm³/mol. The van der Waals surface area contributed by atoms with Gasteiger partial charge in [-0.3, -0.25) is 9.59 Å². The van der Waals surface area contributed by atoms with Gasteiger partial charge in [0.2, 0.25) is 0 Å². The van der Waals surface area contributed by atoms with Gasteiger partial charge in [0.25, 0.3) is 0 Å². The van der Waals surface area contributed by atoms with Crippen molar-refractivity contribution in [2.75, 3.05) is 13.2 Å². The molecule has 0 fully saturated rings. The smallest absolute Gasteiger partial charge is 0.305 e. The molecule has 0 spiro atoms. The van der Waals surface area contributed by atoms with E-state index in [1.54, 1.807) is 0 Å². The highest BCUT2D eigenvalue weighted by molar-refractivity contribution is 5.69. The Morgan fingerprint density at radius 2 is 0.604 bits per heavy atom. The lowest BCUT2D eigenvalue weighted by molar-refractivity contribution is -0.145. The van der Waals surface area contributed by atoms with Crippen LogP contribution in [0.5, 0.6) is 0 Å². The highest BCUT2D eigenvalue weighted by Crippen LogP contribution is 2.15. The Kier molecular flexibility index (Phi) is 44.9. The normalized spacial score (nSPS) is 11.0. The van der Waals surface area contributed by atoms with E-state index in [0.717, 1.165) is 25.7 Å². The Hall–Kier alpha value is -1.06. The van der Waals surface area contributed by atoms with Crippen LogP contribution in [0.25, 0.3) is 0 Å². The minimum atomic E-state index is -0.0154. The van der Waals surface area contributed by atoms with Crippen LogP contribution < -0.4 is 0 Å². The number of ether oxygens (including phenoxy) is 2. The van der Waals surface area contributed by atoms with Crippen molar-refractivity contribution < 1.29 is 19.1 Å². The third kappa shape index (κ3) is 47.1. The highest BCUT2D eigenvalue weighted by atomic mass is 16.5. The van der Waals surface area contributed by atoms with E-state index in [1.807, 2.05) is 0 Å². The van der Waals surface area contributed by atoms with Crippen LogP contribution in [0, 0.1) is 5.92 Å². The SMILES string of the molecule is CCCCCCCCCCCCCCCCCC(=O)OCC(C)C.CCCCCCCCCCCCCCCCCC(=O)OCCCC. The molecule has 0 rings (SSSR count). The minimum Gasteiger partial charge on any atom is -0.466 e. The first-order valence-corrected chi connectivity index (χ1v) is 21.8. The van der Waals surface area contributed by atoms with E-state index in [-0.39, 0.29) is 11.9 Å². The van der Waals surface area contributed by atoms with E-state index < -0.39 is 0 Å². The van der Waals surface area contributed by atoms with Gasteiger partial charge in [-0.15, -0.1) is 0 Å². The number of rotatable bonds is 37. The molecule has 0 aliphatic rings. The van der Waals surface area contributed by atoms with E-state index in [2.05, 4.69) is 34.6 Å². The van der Waals surface area contributed by atoms with Crippen molar-refractivity contribution in [3.8, 4) is 0 Å². The second kappa shape index (κ2) is 44.0. The third-order valence-corrected chi connectivity index (χ3v) is 9.31. The summed E-state index contributed by atoms with van der Waals surface area (Å²) in [5.41, 5.74) is 0. The number of hydrogen-bond acceptors (Lipinski definition) is 4. The van der Waals surface area contributed by atoms with Crippen molar-refractivity contribution >= 4 is 11.9 Å². The predicted octanol–water partition coefficient (Wildman–Crippen LogP) is 15.0. The van der Waals surface area contributed by atoms with Crippen molar-refractivity contribution in [1.82, 2.24) is 0 Å². The summed E-state index contributed by atoms with van der Waals surface area (Å²) >= 11 is 0. The molecule has 288 valence electrons. The molecule has 0 aromatic heterocycles. The fraction of sp³-hybridized carbons (Fsp3) is 0.955. The zero-order chi connectivity index (χ0) is 35.6. The summed E-state index contributed by atoms with van der Waals surface area (Å²) in [5.74, 6) is 0.423. The van der Waals surface area contributed by atoms with E-state index in [4.69, 9.17) is 9.47 Å². The molecule has 0 saturated carbocycles. The van der Waals surface area contributed by atoms with Gasteiger partial charge in [0.05, 0.1) is 13.2 Å². The second-order valence-electron chi connectivity index (χ2n) is 15.1. The van der Waals surface area contributed by atoms with Crippen molar-refractivity contribution in [3.05, 3.63) is 0 Å². The fourth-order valence-corrected chi connectivity index (χ4v) is 6.02. The van der Waals surface area contributed by atoms with Crippen LogP contribution >= 0.6 is 0 Å². The molecule has 4 nitrogen and oxygen atoms in total. The van der Waals surface area contributed by atoms with E-state index in [9.17, 15) is 9.59 Å². The topological polar surface area (TPSA) is 52.6 Å². The Morgan fingerprint density at radius 1 is 0.354 bits per heavy atom. The highest BCUT2D eigenvalue weighted by Gasteiger charge is 2.04. The van der Waals surface area contributed by atoms with E-state index >= 15 is 0 Å². The summed E-state index contributed by atoms with van der Waals surface area (Å²) in [5, 5.41) is 0. The van der Waals surface area contributed by atoms with Crippen LogP contribution in [0.3, 0.4) is 0 Å². The lowest BCUT2D eigenvalue weighted by Gasteiger charge is -2.07. The number of hydrogen-bond donors (Lipinski definition) is 0. The summed E-state index contributed by atoms with van der Waals surface area (Å²) < 4.78 is 10.3. The number of carbonyl (C=O) groups excluding carboxylic acids is 2. The third-order valence-electron chi connectivity index (χ3n) is 9.31. The molecule has 0 amide bonds. The fourth-order valence-electron chi connectivity index (χ4n) is 6.02. The van der Waals surface area contributed by atoms with Gasteiger partial charge in [0, 0.05) is 12.8 Å². The van der Waals surface area contributed by atoms with E-state index in [1.165, 1.54) is 180 Å². The number of carbonyl (C=O) groups is 2. The van der Waals surface area contributed by atoms with Crippen LogP contribution in [0.4, 0.5) is 0 Å². The molecule has 0 radical (unpaired) electrons. The van der Waals surface area contributed by atoms with Crippen LogP contribution in [-0.4, -0.2) is 25.2 Å². The Morgan fingerprint density at radius 3 is 0.875 bits per heavy atom. The monoisotopic (exact) mass is 681 g/mol. The Bertz CT molecular complexity index is 617. The number of esters is 2. The molecule has 0 aliphatic carbocycles. The summed E-state index contributed by atoms with van der Waals surface area (Å²) in [6, 6.07) is 0. The van der Waals surface area contributed by atoms with Gasteiger partial charge < -0.3 is 9.47 Å². The standard InChI is InChI=1S/2C22H44O2/c1-4-5-6-7-8-9-10-11-12-13-14-15-16-17-18-19-22(23)24-20-21(2)3;1-3-5-7-8-9-10-11-12-13-14-15-16-17-18-19-20-22(23)24-21-6-4-2/h21H,4-20H2,1-3H3;3-21H2,1-2H3. The largest absolute Gasteiger partial charge is 0.466 e. The van der Waals surface area contributed by atoms with Crippen molar-refractivity contribution in [2.45, 2.75) is 253 Å². The molecule has 0 heterocycles. The molecule has 48 heavy (non-hydrogen) atoms. The molecule has 0 atom stereocenters. The summed E-state index contributed by atoms with van der Waals surface area (Å²) in [4.78, 5) is 22.9. The zero-order valence-electron chi connectivity index (χ0n) is 33.7. The van der Waals surface area contributed by atoms with Crippen LogP contribution in [-0.2, 0) is 19.1 Å². The molecule has 0 saturated heterocycles. The number of unbranched alkanes of at least 4 members (excludes halogenated alkanes) is 29. The van der Waals surface area contributed by atoms with Gasteiger partial charge in [-0.2, -0.15) is 0 Å². The summed E-state index contributed by atoms with van der Waals surface area (Å²) in [6.07, 6.45) is 44.0. The van der Waals surface area contributed by atoms with Gasteiger partial charge in [0.1, 0.15) is 0 Å². The van der Waals surface area contributed by atoms with Crippen molar-refractivity contribution in [1.29, 1.82) is 0 Å². The maximum atomic E-state index is 11.5. The van der Waals surface area contributed by atoms with Crippen LogP contribution in [0.1, 0.15) is 253 Å². The van der Waals surface area contributed by atoms with E-state index in [0.29, 0.717) is 32.0 Å². The lowest BCUT2D eigenvalue weighted by atomic mass is 10.0. The average Bonchev–Trinajstić information content (AvgIpc) is 3.07. The Balaban J connectivity index is 0. The van der Waals surface area contributed by atoms with Crippen molar-refractivity contribution in [3.63, 3.8) is 0 Å². The maximum Gasteiger partial charge on any atom is 0.305 e. The first-order chi connectivity index (χ1) is 23.5. The maximum absolute atomic E-state index is 11.5. The Labute approximate surface area is 302 Å². The van der Waals surface area contributed by atoms with Gasteiger partial charge in [0.15, 0.2) is 0 Å². The molecule has 0 N–H and O–H groups in total. The first kappa shape index (κ1) is 49.1. The molecule has 0 aromatic rings. The van der Waals surface area contributed by atoms with Crippen LogP contribution in [0.15, 0.2) is 0 Å². The quantitative estimate of drug-likeness (QED) is 0.0484. The average molecular weight is 681 g/mol. The van der Waals surface area contributed by atoms with Gasteiger partial charge in [-0.05, 0) is 25.2 Å². The molecule has 0 aromatic carbocycles. The summed E-state index contributed by atoms with van der Waals surface area (Å²) in [7, 11) is 0. The first-order valence-electron chi connectivity index (χ1n) is 21.8. The second-order valence-corrected chi connectivity index (χ2v) is 15.1. The van der Waals surface area contributed by atoms with Gasteiger partial charge in [-0.1, -0.05) is 221 Å².